The van der Waals surface area contributed by atoms with Gasteiger partial charge < -0.3 is 15.7 Å². The molecule has 0 aromatic heterocycles. The third-order valence-electron chi connectivity index (χ3n) is 4.19. The number of nitrogens with two attached hydrogens (primary N) is 1. The normalized spacial score (nSPS) is 40.4. The van der Waals surface area contributed by atoms with Gasteiger partial charge in [0.1, 0.15) is 5.66 Å². The molecular weight excluding hydrogens is 222 g/mol. The molecule has 17 heavy (non-hydrogen) atoms. The second-order valence-electron chi connectivity index (χ2n) is 4.97. The fourth-order valence-electron chi connectivity index (χ4n) is 3.48. The van der Waals surface area contributed by atoms with Crippen LogP contribution in [0.4, 0.5) is 0 Å². The molecule has 2 fully saturated rings. The fourth-order valence-corrected chi connectivity index (χ4v) is 3.48. The Kier molecular flexibility index (Phi) is 2.11. The lowest BCUT2D eigenvalue weighted by Crippen LogP contribution is -2.66. The number of aliphatic imine (C=N–C) groups is 1. The fraction of sp³-hybridized carbons (Fsp3) is 0.800. The molecule has 0 bridgehead atoms. The van der Waals surface area contributed by atoms with Crippen molar-refractivity contribution >= 4 is 11.8 Å². The van der Waals surface area contributed by atoms with Gasteiger partial charge in [-0.3, -0.25) is 10.6 Å². The van der Waals surface area contributed by atoms with E-state index in [-0.39, 0.29) is 18.5 Å². The third kappa shape index (κ3) is 1.18. The van der Waals surface area contributed by atoms with Crippen molar-refractivity contribution in [3.05, 3.63) is 0 Å². The van der Waals surface area contributed by atoms with E-state index >= 15 is 0 Å². The van der Waals surface area contributed by atoms with E-state index in [1.807, 2.05) is 4.90 Å². The summed E-state index contributed by atoms with van der Waals surface area (Å²) in [6.07, 6.45) is 2.35. The molecule has 0 aromatic carbocycles. The minimum absolute atomic E-state index is 0.0243. The lowest BCUT2D eigenvalue weighted by molar-refractivity contribution is -0.140. The smallest absolute Gasteiger partial charge is 0.220 e. The molecule has 7 nitrogen and oxygen atoms in total. The minimum atomic E-state index is -0.492. The lowest BCUT2D eigenvalue weighted by atomic mass is 9.82. The zero-order valence-electron chi connectivity index (χ0n) is 9.50. The zero-order chi connectivity index (χ0) is 12.2. The SMILES string of the molecule is N=C1N(O)C(CO)[C@@H]2CC(N)=NC23CCCN13. The van der Waals surface area contributed by atoms with Crippen molar-refractivity contribution < 1.29 is 10.3 Å². The molecule has 1 spiro atoms. The Morgan fingerprint density at radius 3 is 3.06 bits per heavy atom. The lowest BCUT2D eigenvalue weighted by Gasteiger charge is -2.50. The number of guanidine groups is 1. The van der Waals surface area contributed by atoms with Crippen molar-refractivity contribution in [2.45, 2.75) is 31.0 Å². The number of aliphatic hydroxyl groups is 1. The number of hydrogen-bond donors (Lipinski definition) is 4. The molecule has 3 atom stereocenters. The quantitative estimate of drug-likeness (QED) is 0.477. The van der Waals surface area contributed by atoms with Gasteiger partial charge in [-0.05, 0) is 12.8 Å². The van der Waals surface area contributed by atoms with Gasteiger partial charge in [0, 0.05) is 18.9 Å². The molecule has 3 aliphatic heterocycles. The molecule has 0 aliphatic carbocycles. The van der Waals surface area contributed by atoms with Crippen LogP contribution in [-0.2, 0) is 0 Å². The first-order chi connectivity index (χ1) is 8.10. The third-order valence-corrected chi connectivity index (χ3v) is 4.19. The first-order valence-corrected chi connectivity index (χ1v) is 5.89. The summed E-state index contributed by atoms with van der Waals surface area (Å²) in [7, 11) is 0. The zero-order valence-corrected chi connectivity index (χ0v) is 9.50. The van der Waals surface area contributed by atoms with Crippen LogP contribution in [0, 0.1) is 11.3 Å². The topological polar surface area (TPSA) is 109 Å². The van der Waals surface area contributed by atoms with E-state index in [9.17, 15) is 10.3 Å². The number of amidine groups is 1. The summed E-state index contributed by atoms with van der Waals surface area (Å²) in [6, 6.07) is -0.485. The highest BCUT2D eigenvalue weighted by molar-refractivity contribution is 5.86. The number of hydroxylamine groups is 2. The largest absolute Gasteiger partial charge is 0.394 e. The van der Waals surface area contributed by atoms with Crippen molar-refractivity contribution in [1.82, 2.24) is 9.96 Å². The van der Waals surface area contributed by atoms with E-state index in [0.29, 0.717) is 18.8 Å². The van der Waals surface area contributed by atoms with E-state index in [0.717, 1.165) is 17.9 Å². The Balaban J connectivity index is 2.06. The number of aliphatic hydroxyl groups excluding tert-OH is 1. The summed E-state index contributed by atoms with van der Waals surface area (Å²) in [5.74, 6) is 0.550. The van der Waals surface area contributed by atoms with Gasteiger partial charge in [0.15, 0.2) is 0 Å². The van der Waals surface area contributed by atoms with E-state index in [1.54, 1.807) is 0 Å². The molecule has 0 amide bonds. The Labute approximate surface area is 99.0 Å². The van der Waals surface area contributed by atoms with Gasteiger partial charge in [-0.15, -0.1) is 0 Å². The molecule has 3 rings (SSSR count). The van der Waals surface area contributed by atoms with Gasteiger partial charge in [0.2, 0.25) is 5.96 Å². The molecule has 2 unspecified atom stereocenters. The average molecular weight is 239 g/mol. The van der Waals surface area contributed by atoms with Crippen LogP contribution in [0.2, 0.25) is 0 Å². The van der Waals surface area contributed by atoms with Crippen LogP contribution in [0.3, 0.4) is 0 Å². The average Bonchev–Trinajstić information content (AvgIpc) is 2.84. The maximum Gasteiger partial charge on any atom is 0.220 e. The van der Waals surface area contributed by atoms with E-state index < -0.39 is 11.7 Å². The molecule has 0 radical (unpaired) electrons. The number of nitrogens with one attached hydrogen (secondary N) is 1. The second-order valence-corrected chi connectivity index (χ2v) is 4.97. The molecule has 7 heteroatoms. The number of rotatable bonds is 1. The monoisotopic (exact) mass is 239 g/mol. The van der Waals surface area contributed by atoms with Gasteiger partial charge in [-0.25, -0.2) is 10.1 Å². The van der Waals surface area contributed by atoms with Crippen molar-refractivity contribution in [3.8, 4) is 0 Å². The van der Waals surface area contributed by atoms with Gasteiger partial charge in [-0.1, -0.05) is 0 Å². The van der Waals surface area contributed by atoms with Crippen LogP contribution < -0.4 is 5.73 Å². The van der Waals surface area contributed by atoms with Gasteiger partial charge in [0.25, 0.3) is 0 Å². The van der Waals surface area contributed by atoms with Gasteiger partial charge in [-0.2, -0.15) is 0 Å². The first kappa shape index (κ1) is 10.8. The van der Waals surface area contributed by atoms with Gasteiger partial charge >= 0.3 is 0 Å². The van der Waals surface area contributed by atoms with E-state index in [2.05, 4.69) is 4.99 Å². The summed E-state index contributed by atoms with van der Waals surface area (Å²) in [4.78, 5) is 6.33. The highest BCUT2D eigenvalue weighted by atomic mass is 16.5. The van der Waals surface area contributed by atoms with Crippen LogP contribution >= 0.6 is 0 Å². The second kappa shape index (κ2) is 3.33. The summed E-state index contributed by atoms with van der Waals surface area (Å²) >= 11 is 0. The number of nitrogens with zero attached hydrogens (tertiary/aromatic N) is 3. The molecule has 2 saturated heterocycles. The molecule has 94 valence electrons. The molecule has 3 aliphatic rings. The Hall–Kier alpha value is -1.34. The Morgan fingerprint density at radius 2 is 2.35 bits per heavy atom. The van der Waals surface area contributed by atoms with Crippen LogP contribution in [0.25, 0.3) is 0 Å². The van der Waals surface area contributed by atoms with Crippen LogP contribution in [-0.4, -0.2) is 56.9 Å². The van der Waals surface area contributed by atoms with Crippen molar-refractivity contribution in [3.63, 3.8) is 0 Å². The van der Waals surface area contributed by atoms with Crippen LogP contribution in [0.5, 0.6) is 0 Å². The van der Waals surface area contributed by atoms with Crippen LogP contribution in [0.1, 0.15) is 19.3 Å². The summed E-state index contributed by atoms with van der Waals surface area (Å²) in [5.41, 5.74) is 5.33. The van der Waals surface area contributed by atoms with Crippen molar-refractivity contribution in [1.29, 1.82) is 5.41 Å². The molecule has 5 N–H and O–H groups in total. The number of hydrogen-bond acceptors (Lipinski definition) is 5. The van der Waals surface area contributed by atoms with Crippen molar-refractivity contribution in [2.75, 3.05) is 13.2 Å². The maximum atomic E-state index is 9.93. The first-order valence-electron chi connectivity index (χ1n) is 5.89. The molecule has 3 heterocycles. The molecule has 0 aromatic rings. The summed E-state index contributed by atoms with van der Waals surface area (Å²) in [5, 5.41) is 28.2. The maximum absolute atomic E-state index is 9.93. The highest BCUT2D eigenvalue weighted by Crippen LogP contribution is 2.48. The predicted molar refractivity (Wildman–Crippen MR) is 60.6 cm³/mol. The molecule has 0 saturated carbocycles. The minimum Gasteiger partial charge on any atom is -0.394 e. The van der Waals surface area contributed by atoms with E-state index in [4.69, 9.17) is 11.1 Å². The summed E-state index contributed by atoms with van der Waals surface area (Å²) < 4.78 is 0. The van der Waals surface area contributed by atoms with Gasteiger partial charge in [0.05, 0.1) is 18.5 Å². The molecular formula is C10H17N5O2. The van der Waals surface area contributed by atoms with Crippen LogP contribution in [0.15, 0.2) is 4.99 Å². The predicted octanol–water partition coefficient (Wildman–Crippen LogP) is -0.844. The summed E-state index contributed by atoms with van der Waals surface area (Å²) in [6.45, 7) is 0.517. The standard InChI is InChI=1S/C10H17N5O2/c11-8-4-6-7(5-16)15(17)9(12)14-3-1-2-10(6,14)13-8/h6-7,12,16-17H,1-5H2,(H2,11,13)/t6-,7?,10?/m0/s1. The Bertz CT molecular complexity index is 398. The van der Waals surface area contributed by atoms with Crippen molar-refractivity contribution in [2.24, 2.45) is 16.6 Å². The van der Waals surface area contributed by atoms with E-state index in [1.165, 1.54) is 0 Å². The Morgan fingerprint density at radius 1 is 1.59 bits per heavy atom. The highest BCUT2D eigenvalue weighted by Gasteiger charge is 2.59.